The Morgan fingerprint density at radius 2 is 1.45 bits per heavy atom. The lowest BCUT2D eigenvalue weighted by molar-refractivity contribution is -0.274. The first-order chi connectivity index (χ1) is 13.6. The molecule has 0 aliphatic rings. The lowest BCUT2D eigenvalue weighted by Gasteiger charge is -2.28. The molecule has 2 aromatic rings. The van der Waals surface area contributed by atoms with Crippen molar-refractivity contribution in [2.45, 2.75) is 52.7 Å². The van der Waals surface area contributed by atoms with Crippen LogP contribution >= 0.6 is 0 Å². The van der Waals surface area contributed by atoms with Crippen LogP contribution in [0.3, 0.4) is 0 Å². The van der Waals surface area contributed by atoms with Crippen molar-refractivity contribution in [3.8, 4) is 11.5 Å². The number of rotatable bonds is 10. The number of halogens is 3. The maximum Gasteiger partial charge on any atom is 0.573 e. The largest absolute Gasteiger partial charge is 0.573 e. The monoisotopic (exact) mass is 410 g/mol. The Morgan fingerprint density at radius 1 is 0.862 bits per heavy atom. The van der Waals surface area contributed by atoms with Gasteiger partial charge in [-0.3, -0.25) is 0 Å². The van der Waals surface area contributed by atoms with Crippen LogP contribution in [-0.4, -0.2) is 25.7 Å². The van der Waals surface area contributed by atoms with Crippen LogP contribution in [0.4, 0.5) is 13.2 Å². The molecule has 4 nitrogen and oxygen atoms in total. The second kappa shape index (κ2) is 10.0. The molecule has 2 aromatic carbocycles. The van der Waals surface area contributed by atoms with Crippen molar-refractivity contribution in [1.29, 1.82) is 0 Å². The molecule has 0 atom stereocenters. The SMILES string of the molecule is CCOB(OC(C)(C)CC)c1ccc(OCc2ccc(OC(F)(F)F)cc2)cc1. The molecular formula is C21H26BF3O4. The fourth-order valence-electron chi connectivity index (χ4n) is 2.40. The second-order valence-electron chi connectivity index (χ2n) is 7.07. The fraction of sp³-hybridized carbons (Fsp3) is 0.429. The highest BCUT2D eigenvalue weighted by Gasteiger charge is 2.31. The molecule has 8 heteroatoms. The van der Waals surface area contributed by atoms with E-state index in [0.717, 1.165) is 17.4 Å². The van der Waals surface area contributed by atoms with E-state index in [1.165, 1.54) is 24.3 Å². The third-order valence-electron chi connectivity index (χ3n) is 4.31. The van der Waals surface area contributed by atoms with E-state index in [2.05, 4.69) is 11.7 Å². The van der Waals surface area contributed by atoms with Crippen molar-refractivity contribution in [3.63, 3.8) is 0 Å². The predicted molar refractivity (Wildman–Crippen MR) is 106 cm³/mol. The van der Waals surface area contributed by atoms with Crippen molar-refractivity contribution < 1.29 is 32.0 Å². The van der Waals surface area contributed by atoms with Gasteiger partial charge >= 0.3 is 13.5 Å². The van der Waals surface area contributed by atoms with E-state index in [0.29, 0.717) is 12.4 Å². The van der Waals surface area contributed by atoms with Gasteiger partial charge in [-0.25, -0.2) is 0 Å². The summed E-state index contributed by atoms with van der Waals surface area (Å²) in [5.41, 5.74) is 1.30. The standard InChI is InChI=1S/C21H26BF3O4/c1-5-20(3,4)29-22(27-6-2)17-9-13-18(14-10-17)26-15-16-7-11-19(12-8-16)28-21(23,24)25/h7-14H,5-6,15H2,1-4H3. The van der Waals surface area contributed by atoms with Crippen molar-refractivity contribution in [2.24, 2.45) is 0 Å². The van der Waals surface area contributed by atoms with Crippen LogP contribution in [0.15, 0.2) is 48.5 Å². The molecular weight excluding hydrogens is 384 g/mol. The summed E-state index contributed by atoms with van der Waals surface area (Å²) in [7, 11) is -0.467. The van der Waals surface area contributed by atoms with Gasteiger partial charge < -0.3 is 18.8 Å². The number of alkyl halides is 3. The minimum absolute atomic E-state index is 0.222. The molecule has 0 amide bonds. The van der Waals surface area contributed by atoms with Crippen molar-refractivity contribution >= 4 is 12.6 Å². The molecule has 158 valence electrons. The van der Waals surface area contributed by atoms with Crippen LogP contribution in [0.2, 0.25) is 0 Å². The van der Waals surface area contributed by atoms with E-state index in [1.54, 1.807) is 0 Å². The van der Waals surface area contributed by atoms with Gasteiger partial charge in [-0.15, -0.1) is 13.2 Å². The Bertz CT molecular complexity index is 746. The van der Waals surface area contributed by atoms with E-state index < -0.39 is 13.5 Å². The normalized spacial score (nSPS) is 12.0. The summed E-state index contributed by atoms with van der Waals surface area (Å²) in [6.07, 6.45) is -3.85. The van der Waals surface area contributed by atoms with Crippen LogP contribution in [0.5, 0.6) is 11.5 Å². The third kappa shape index (κ3) is 7.99. The van der Waals surface area contributed by atoms with E-state index in [-0.39, 0.29) is 18.0 Å². The summed E-state index contributed by atoms with van der Waals surface area (Å²) in [4.78, 5) is 0. The summed E-state index contributed by atoms with van der Waals surface area (Å²) < 4.78 is 57.9. The molecule has 0 fully saturated rings. The van der Waals surface area contributed by atoms with Crippen LogP contribution < -0.4 is 14.9 Å². The van der Waals surface area contributed by atoms with Gasteiger partial charge in [0.1, 0.15) is 18.1 Å². The summed E-state index contributed by atoms with van der Waals surface area (Å²) in [5, 5.41) is 0. The van der Waals surface area contributed by atoms with Crippen LogP contribution in [-0.2, 0) is 15.9 Å². The molecule has 0 aromatic heterocycles. The van der Waals surface area contributed by atoms with Crippen molar-refractivity contribution in [3.05, 3.63) is 54.1 Å². The lowest BCUT2D eigenvalue weighted by atomic mass is 9.77. The molecule has 0 aliphatic heterocycles. The van der Waals surface area contributed by atoms with Crippen LogP contribution in [0, 0.1) is 0 Å². The van der Waals surface area contributed by atoms with Crippen molar-refractivity contribution in [1.82, 2.24) is 0 Å². The van der Waals surface area contributed by atoms with Gasteiger partial charge in [-0.05, 0) is 62.5 Å². The summed E-state index contributed by atoms with van der Waals surface area (Å²) in [5.74, 6) is 0.372. The first-order valence-electron chi connectivity index (χ1n) is 9.48. The first kappa shape index (κ1) is 23.1. The zero-order valence-corrected chi connectivity index (χ0v) is 17.1. The summed E-state index contributed by atoms with van der Waals surface area (Å²) in [6, 6.07) is 12.9. The first-order valence-corrected chi connectivity index (χ1v) is 9.48. The predicted octanol–water partition coefficient (Wildman–Crippen LogP) is 5.10. The van der Waals surface area contributed by atoms with Gasteiger partial charge in [-0.2, -0.15) is 0 Å². The summed E-state index contributed by atoms with van der Waals surface area (Å²) >= 11 is 0. The molecule has 0 unspecified atom stereocenters. The van der Waals surface area contributed by atoms with Gasteiger partial charge in [0.25, 0.3) is 0 Å². The summed E-state index contributed by atoms with van der Waals surface area (Å²) in [6.45, 7) is 8.75. The minimum Gasteiger partial charge on any atom is -0.489 e. The number of ether oxygens (including phenoxy) is 2. The minimum atomic E-state index is -4.70. The Morgan fingerprint density at radius 3 is 1.97 bits per heavy atom. The molecule has 0 spiro atoms. The third-order valence-corrected chi connectivity index (χ3v) is 4.31. The van der Waals surface area contributed by atoms with Crippen LogP contribution in [0.25, 0.3) is 0 Å². The van der Waals surface area contributed by atoms with E-state index >= 15 is 0 Å². The smallest absolute Gasteiger partial charge is 0.489 e. The fourth-order valence-corrected chi connectivity index (χ4v) is 2.40. The van der Waals surface area contributed by atoms with E-state index in [1.807, 2.05) is 45.0 Å². The molecule has 0 bridgehead atoms. The Hall–Kier alpha value is -2.19. The molecule has 0 N–H and O–H groups in total. The van der Waals surface area contributed by atoms with Gasteiger partial charge in [0.15, 0.2) is 0 Å². The number of hydrogen-bond acceptors (Lipinski definition) is 4. The average Bonchev–Trinajstić information content (AvgIpc) is 2.66. The quantitative estimate of drug-likeness (QED) is 0.511. The maximum absolute atomic E-state index is 12.2. The highest BCUT2D eigenvalue weighted by Crippen LogP contribution is 2.23. The molecule has 0 aliphatic carbocycles. The molecule has 0 radical (unpaired) electrons. The number of hydrogen-bond donors (Lipinski definition) is 0. The van der Waals surface area contributed by atoms with E-state index in [9.17, 15) is 13.2 Å². The molecule has 2 rings (SSSR count). The Labute approximate surface area is 170 Å². The zero-order chi connectivity index (χ0) is 21.5. The topological polar surface area (TPSA) is 36.9 Å². The Balaban J connectivity index is 1.96. The van der Waals surface area contributed by atoms with Gasteiger partial charge in [0.2, 0.25) is 0 Å². The van der Waals surface area contributed by atoms with Gasteiger partial charge in [-0.1, -0.05) is 31.2 Å². The molecule has 0 heterocycles. The highest BCUT2D eigenvalue weighted by atomic mass is 19.4. The molecule has 0 saturated heterocycles. The highest BCUT2D eigenvalue weighted by molar-refractivity contribution is 6.61. The van der Waals surface area contributed by atoms with Gasteiger partial charge in [0, 0.05) is 12.2 Å². The van der Waals surface area contributed by atoms with Gasteiger partial charge in [0.05, 0.1) is 0 Å². The number of benzene rings is 2. The molecule has 29 heavy (non-hydrogen) atoms. The Kier molecular flexibility index (Phi) is 7.99. The van der Waals surface area contributed by atoms with Crippen LogP contribution in [0.1, 0.15) is 39.7 Å². The zero-order valence-electron chi connectivity index (χ0n) is 17.1. The average molecular weight is 410 g/mol. The maximum atomic E-state index is 12.2. The lowest BCUT2D eigenvalue weighted by Crippen LogP contribution is -2.43. The second-order valence-corrected chi connectivity index (χ2v) is 7.07. The van der Waals surface area contributed by atoms with E-state index in [4.69, 9.17) is 14.0 Å². The molecule has 0 saturated carbocycles. The van der Waals surface area contributed by atoms with Crippen molar-refractivity contribution in [2.75, 3.05) is 6.61 Å².